The maximum Gasteiger partial charge on any atom is 0.232 e. The Morgan fingerprint density at radius 2 is 2.04 bits per heavy atom. The van der Waals surface area contributed by atoms with E-state index in [1.807, 2.05) is 5.38 Å². The summed E-state index contributed by atoms with van der Waals surface area (Å²) in [6, 6.07) is 8.41. The van der Waals surface area contributed by atoms with Gasteiger partial charge in [0.2, 0.25) is 11.0 Å². The van der Waals surface area contributed by atoms with Gasteiger partial charge in [-0.2, -0.15) is 0 Å². The number of hydrogen-bond acceptors (Lipinski definition) is 6. The fourth-order valence-corrected chi connectivity index (χ4v) is 4.27. The molecule has 128 valence electrons. The minimum Gasteiger partial charge on any atom is -0.300 e. The summed E-state index contributed by atoms with van der Waals surface area (Å²) in [5.74, 6) is 0.458. The van der Waals surface area contributed by atoms with E-state index in [0.29, 0.717) is 11.0 Å². The van der Waals surface area contributed by atoms with Crippen molar-refractivity contribution < 1.29 is 4.79 Å². The average Bonchev–Trinajstić information content (AvgIpc) is 3.20. The predicted molar refractivity (Wildman–Crippen MR) is 101 cm³/mol. The maximum atomic E-state index is 12.2. The highest BCUT2D eigenvalue weighted by molar-refractivity contribution is 7.15. The number of nitrogens with zero attached hydrogens (tertiary/aromatic N) is 3. The molecule has 4 rings (SSSR count). The van der Waals surface area contributed by atoms with Crippen LogP contribution < -0.4 is 5.32 Å². The Bertz CT molecular complexity index is 881. The molecule has 1 fully saturated rings. The number of aryl methyl sites for hydroxylation is 1. The summed E-state index contributed by atoms with van der Waals surface area (Å²) < 4.78 is 0. The lowest BCUT2D eigenvalue weighted by atomic mass is 10.1. The van der Waals surface area contributed by atoms with Crippen molar-refractivity contribution in [3.8, 4) is 10.6 Å². The number of aromatic nitrogens is 3. The highest BCUT2D eigenvalue weighted by atomic mass is 32.1. The number of nitrogens with one attached hydrogen (secondary N) is 1. The third-order valence-corrected chi connectivity index (χ3v) is 6.06. The first-order valence-electron chi connectivity index (χ1n) is 8.38. The molecule has 0 atom stereocenters. The lowest BCUT2D eigenvalue weighted by Gasteiger charge is -2.00. The van der Waals surface area contributed by atoms with Gasteiger partial charge in [0.15, 0.2) is 0 Å². The largest absolute Gasteiger partial charge is 0.300 e. The van der Waals surface area contributed by atoms with Gasteiger partial charge in [0.1, 0.15) is 10.0 Å². The summed E-state index contributed by atoms with van der Waals surface area (Å²) in [5.41, 5.74) is 3.18. The fraction of sp³-hybridized carbons (Fsp3) is 0.333. The summed E-state index contributed by atoms with van der Waals surface area (Å²) in [7, 11) is 0. The molecule has 0 saturated heterocycles. The van der Waals surface area contributed by atoms with Crippen LogP contribution in [0.3, 0.4) is 0 Å². The van der Waals surface area contributed by atoms with Gasteiger partial charge in [-0.15, -0.1) is 21.5 Å². The van der Waals surface area contributed by atoms with Crippen LogP contribution in [0.5, 0.6) is 0 Å². The molecule has 0 spiro atoms. The minimum absolute atomic E-state index is 0.100. The Kier molecular flexibility index (Phi) is 4.59. The van der Waals surface area contributed by atoms with Crippen LogP contribution in [-0.4, -0.2) is 21.1 Å². The quantitative estimate of drug-likeness (QED) is 0.703. The Balaban J connectivity index is 1.38. The van der Waals surface area contributed by atoms with Crippen LogP contribution in [0.2, 0.25) is 0 Å². The van der Waals surface area contributed by atoms with Gasteiger partial charge in [-0.05, 0) is 24.8 Å². The van der Waals surface area contributed by atoms with Gasteiger partial charge < -0.3 is 5.32 Å². The second kappa shape index (κ2) is 7.01. The predicted octanol–water partition coefficient (Wildman–Crippen LogP) is 4.28. The summed E-state index contributed by atoms with van der Waals surface area (Å²) in [5, 5.41) is 15.5. The molecule has 0 bridgehead atoms. The van der Waals surface area contributed by atoms with Gasteiger partial charge >= 0.3 is 0 Å². The highest BCUT2D eigenvalue weighted by Crippen LogP contribution is 2.42. The van der Waals surface area contributed by atoms with Crippen molar-refractivity contribution in [1.29, 1.82) is 0 Å². The minimum atomic E-state index is -0.100. The van der Waals surface area contributed by atoms with Crippen LogP contribution in [0.1, 0.15) is 41.9 Å². The van der Waals surface area contributed by atoms with Gasteiger partial charge in [-0.25, -0.2) is 4.98 Å². The normalized spacial score (nSPS) is 13.8. The molecule has 0 radical (unpaired) electrons. The smallest absolute Gasteiger partial charge is 0.232 e. The second-order valence-corrected chi connectivity index (χ2v) is 8.01. The molecule has 2 heterocycles. The molecule has 7 heteroatoms. The van der Waals surface area contributed by atoms with Gasteiger partial charge in [0.25, 0.3) is 0 Å². The van der Waals surface area contributed by atoms with E-state index in [1.165, 1.54) is 29.7 Å². The first-order valence-corrected chi connectivity index (χ1v) is 10.1. The summed E-state index contributed by atoms with van der Waals surface area (Å²) in [6.45, 7) is 2.14. The lowest BCUT2D eigenvalue weighted by molar-refractivity contribution is -0.115. The van der Waals surface area contributed by atoms with Crippen molar-refractivity contribution >= 4 is 33.7 Å². The summed E-state index contributed by atoms with van der Waals surface area (Å²) in [4.78, 5) is 16.8. The molecule has 2 aromatic heterocycles. The first kappa shape index (κ1) is 16.4. The van der Waals surface area contributed by atoms with E-state index in [4.69, 9.17) is 0 Å². The maximum absolute atomic E-state index is 12.2. The number of anilines is 1. The van der Waals surface area contributed by atoms with Crippen LogP contribution in [0.25, 0.3) is 10.6 Å². The van der Waals surface area contributed by atoms with E-state index in [1.54, 1.807) is 11.3 Å². The Hall–Kier alpha value is -2.12. The number of carbonyl (C=O) groups excluding carboxylic acids is 1. The Morgan fingerprint density at radius 1 is 1.24 bits per heavy atom. The van der Waals surface area contributed by atoms with Crippen LogP contribution in [0.4, 0.5) is 5.13 Å². The molecule has 25 heavy (non-hydrogen) atoms. The summed E-state index contributed by atoms with van der Waals surface area (Å²) >= 11 is 3.04. The molecule has 3 aromatic rings. The van der Waals surface area contributed by atoms with Crippen molar-refractivity contribution in [2.75, 3.05) is 5.32 Å². The standard InChI is InChI=1S/C18H18N4OS2/c1-2-11-3-5-12(6-4-11)16-19-14(10-24-16)9-15(23)20-18-22-21-17(25-18)13-7-8-13/h3-6,10,13H,2,7-9H2,1H3,(H,20,22,23). The molecule has 1 saturated carbocycles. The fourth-order valence-electron chi connectivity index (χ4n) is 2.51. The first-order chi connectivity index (χ1) is 12.2. The van der Waals surface area contributed by atoms with Crippen LogP contribution in [0.15, 0.2) is 29.6 Å². The van der Waals surface area contributed by atoms with E-state index in [-0.39, 0.29) is 12.3 Å². The third kappa shape index (κ3) is 3.93. The van der Waals surface area contributed by atoms with Gasteiger partial charge in [0, 0.05) is 16.9 Å². The molecule has 1 aliphatic rings. The molecular weight excluding hydrogens is 352 g/mol. The van der Waals surface area contributed by atoms with E-state index in [2.05, 4.69) is 51.7 Å². The number of thiazole rings is 1. The SMILES string of the molecule is CCc1ccc(-c2nc(CC(=O)Nc3nnc(C4CC4)s3)cs2)cc1. The second-order valence-electron chi connectivity index (χ2n) is 6.14. The third-order valence-electron chi connectivity index (χ3n) is 4.12. The molecule has 0 unspecified atom stereocenters. The Morgan fingerprint density at radius 3 is 2.76 bits per heavy atom. The van der Waals surface area contributed by atoms with Crippen LogP contribution >= 0.6 is 22.7 Å². The van der Waals surface area contributed by atoms with Gasteiger partial charge in [-0.3, -0.25) is 4.79 Å². The zero-order valence-electron chi connectivity index (χ0n) is 13.9. The monoisotopic (exact) mass is 370 g/mol. The van der Waals surface area contributed by atoms with Gasteiger partial charge in [0.05, 0.1) is 12.1 Å². The molecular formula is C18H18N4OS2. The molecule has 1 aromatic carbocycles. The Labute approximate surface area is 154 Å². The van der Waals surface area contributed by atoms with E-state index >= 15 is 0 Å². The summed E-state index contributed by atoms with van der Waals surface area (Å²) in [6.07, 6.45) is 3.65. The molecule has 1 amide bonds. The zero-order valence-corrected chi connectivity index (χ0v) is 15.5. The zero-order chi connectivity index (χ0) is 17.2. The van der Waals surface area contributed by atoms with E-state index in [9.17, 15) is 4.79 Å². The number of hydrogen-bond donors (Lipinski definition) is 1. The van der Waals surface area contributed by atoms with E-state index < -0.39 is 0 Å². The molecule has 1 aliphatic carbocycles. The van der Waals surface area contributed by atoms with E-state index in [0.717, 1.165) is 27.7 Å². The number of amides is 1. The van der Waals surface area contributed by atoms with Crippen molar-refractivity contribution in [2.24, 2.45) is 0 Å². The molecule has 1 N–H and O–H groups in total. The molecule has 0 aliphatic heterocycles. The van der Waals surface area contributed by atoms with Crippen molar-refractivity contribution in [1.82, 2.24) is 15.2 Å². The topological polar surface area (TPSA) is 67.8 Å². The molecule has 5 nitrogen and oxygen atoms in total. The van der Waals surface area contributed by atoms with Crippen molar-refractivity contribution in [2.45, 2.75) is 38.5 Å². The van der Waals surface area contributed by atoms with Crippen molar-refractivity contribution in [3.05, 3.63) is 45.9 Å². The van der Waals surface area contributed by atoms with Crippen LogP contribution in [-0.2, 0) is 17.6 Å². The highest BCUT2D eigenvalue weighted by Gasteiger charge is 2.27. The van der Waals surface area contributed by atoms with Crippen molar-refractivity contribution in [3.63, 3.8) is 0 Å². The van der Waals surface area contributed by atoms with Gasteiger partial charge in [-0.1, -0.05) is 42.5 Å². The number of benzene rings is 1. The van der Waals surface area contributed by atoms with Crippen LogP contribution in [0, 0.1) is 0 Å². The number of rotatable bonds is 6. The lowest BCUT2D eigenvalue weighted by Crippen LogP contribution is -2.14. The number of carbonyl (C=O) groups is 1. The average molecular weight is 371 g/mol.